The number of hydrogen-bond donors (Lipinski definition) is 1. The zero-order valence-electron chi connectivity index (χ0n) is 31.2. The van der Waals surface area contributed by atoms with Crippen LogP contribution in [0.5, 0.6) is 5.75 Å². The summed E-state index contributed by atoms with van der Waals surface area (Å²) in [4.78, 5) is 0. The van der Waals surface area contributed by atoms with Crippen LogP contribution in [-0.4, -0.2) is 31.7 Å². The molecule has 1 aliphatic rings. The molecule has 0 amide bonds. The number of halogens is 2. The molecule has 278 valence electrons. The first kappa shape index (κ1) is 39.4. The predicted octanol–water partition coefficient (Wildman–Crippen LogP) is 10.5. The molecule has 5 aromatic carbocycles. The lowest BCUT2D eigenvalue weighted by Crippen LogP contribution is -2.66. The molecule has 0 aromatic heterocycles. The summed E-state index contributed by atoms with van der Waals surface area (Å²) >= 11 is 10.7. The van der Waals surface area contributed by atoms with E-state index >= 15 is 0 Å². The second-order valence-electron chi connectivity index (χ2n) is 14.9. The van der Waals surface area contributed by atoms with Crippen LogP contribution in [0.2, 0.25) is 10.1 Å². The van der Waals surface area contributed by atoms with Gasteiger partial charge in [0.2, 0.25) is 0 Å². The Bertz CT molecular complexity index is 1870. The summed E-state index contributed by atoms with van der Waals surface area (Å²) in [6, 6.07) is 43.4. The molecule has 5 aromatic rings. The summed E-state index contributed by atoms with van der Waals surface area (Å²) in [6.45, 7) is 12.1. The van der Waals surface area contributed by atoms with E-state index in [1.165, 1.54) is 10.4 Å². The number of rotatable bonds is 13. The molecular formula is C45H50BrClO5Si. The minimum absolute atomic E-state index is 0.0401. The summed E-state index contributed by atoms with van der Waals surface area (Å²) in [5, 5.41) is 14.0. The largest absolute Gasteiger partial charge is 0.505 e. The monoisotopic (exact) mass is 812 g/mol. The van der Waals surface area contributed by atoms with E-state index < -0.39 is 20.5 Å². The van der Waals surface area contributed by atoms with Gasteiger partial charge in [-0.3, -0.25) is 0 Å². The smallest absolute Gasteiger partial charge is 0.261 e. The summed E-state index contributed by atoms with van der Waals surface area (Å²) in [5.41, 5.74) is 3.56. The normalized spacial score (nSPS) is 20.7. The third-order valence-corrected chi connectivity index (χ3v) is 16.7. The zero-order chi connectivity index (χ0) is 37.6. The molecule has 1 saturated heterocycles. The minimum atomic E-state index is -2.91. The third kappa shape index (κ3) is 8.52. The Kier molecular flexibility index (Phi) is 13.0. The zero-order valence-corrected chi connectivity index (χ0v) is 34.5. The first-order valence-electron chi connectivity index (χ1n) is 18.5. The Balaban J connectivity index is 1.41. The van der Waals surface area contributed by atoms with Crippen molar-refractivity contribution >= 4 is 46.2 Å². The highest BCUT2D eigenvalue weighted by Crippen LogP contribution is 2.47. The molecule has 1 aliphatic heterocycles. The van der Waals surface area contributed by atoms with Crippen LogP contribution in [-0.2, 0) is 38.5 Å². The highest BCUT2D eigenvalue weighted by molar-refractivity contribution is 9.10. The van der Waals surface area contributed by atoms with Crippen LogP contribution in [0.4, 0.5) is 0 Å². The van der Waals surface area contributed by atoms with Gasteiger partial charge >= 0.3 is 0 Å². The van der Waals surface area contributed by atoms with Crippen molar-refractivity contribution in [3.63, 3.8) is 0 Å². The van der Waals surface area contributed by atoms with Gasteiger partial charge in [0.25, 0.3) is 8.32 Å². The van der Waals surface area contributed by atoms with Crippen molar-refractivity contribution in [1.29, 1.82) is 0 Å². The van der Waals surface area contributed by atoms with Gasteiger partial charge in [-0.2, -0.15) is 0 Å². The number of hydrogen-bond acceptors (Lipinski definition) is 5. The van der Waals surface area contributed by atoms with Gasteiger partial charge in [-0.15, -0.1) is 0 Å². The molecule has 1 fully saturated rings. The van der Waals surface area contributed by atoms with Gasteiger partial charge in [-0.05, 0) is 60.5 Å². The van der Waals surface area contributed by atoms with E-state index in [0.717, 1.165) is 23.1 Å². The van der Waals surface area contributed by atoms with Crippen LogP contribution in [0.1, 0.15) is 69.4 Å². The number of aromatic hydroxyl groups is 1. The Hall–Kier alpha value is -3.27. The van der Waals surface area contributed by atoms with Gasteiger partial charge in [-0.25, -0.2) is 0 Å². The quantitative estimate of drug-likeness (QED) is 0.120. The van der Waals surface area contributed by atoms with Gasteiger partial charge in [-0.1, -0.05) is 168 Å². The van der Waals surface area contributed by atoms with E-state index in [1.807, 2.05) is 54.6 Å². The van der Waals surface area contributed by atoms with E-state index in [9.17, 15) is 5.11 Å². The van der Waals surface area contributed by atoms with Gasteiger partial charge in [0, 0.05) is 11.5 Å². The van der Waals surface area contributed by atoms with Crippen molar-refractivity contribution in [2.75, 3.05) is 0 Å². The fourth-order valence-electron chi connectivity index (χ4n) is 7.71. The highest BCUT2D eigenvalue weighted by Gasteiger charge is 2.51. The molecule has 8 heteroatoms. The van der Waals surface area contributed by atoms with E-state index in [0.29, 0.717) is 23.2 Å². The second-order valence-corrected chi connectivity index (χ2v) is 20.4. The van der Waals surface area contributed by atoms with E-state index in [2.05, 4.69) is 123 Å². The number of benzene rings is 5. The molecule has 6 rings (SSSR count). The Labute approximate surface area is 329 Å². The fraction of sp³-hybridized carbons (Fsp3) is 0.333. The fourth-order valence-corrected chi connectivity index (χ4v) is 13.1. The summed E-state index contributed by atoms with van der Waals surface area (Å²) in [6.07, 6.45) is -0.707. The molecular weight excluding hydrogens is 764 g/mol. The van der Waals surface area contributed by atoms with Crippen LogP contribution < -0.4 is 10.4 Å². The van der Waals surface area contributed by atoms with Crippen molar-refractivity contribution in [2.45, 2.75) is 90.3 Å². The van der Waals surface area contributed by atoms with Gasteiger partial charge in [0.1, 0.15) is 18.0 Å². The molecule has 0 spiro atoms. The molecule has 53 heavy (non-hydrogen) atoms. The van der Waals surface area contributed by atoms with E-state index in [4.69, 9.17) is 30.2 Å². The van der Waals surface area contributed by atoms with Crippen molar-refractivity contribution in [2.24, 2.45) is 5.92 Å². The molecule has 1 N–H and O–H groups in total. The van der Waals surface area contributed by atoms with E-state index in [1.54, 1.807) is 0 Å². The topological polar surface area (TPSA) is 57.2 Å². The average molecular weight is 814 g/mol. The van der Waals surface area contributed by atoms with Crippen LogP contribution in [0, 0.1) is 5.92 Å². The van der Waals surface area contributed by atoms with Crippen LogP contribution in [0.3, 0.4) is 0 Å². The lowest BCUT2D eigenvalue weighted by Gasteiger charge is -2.46. The van der Waals surface area contributed by atoms with Crippen molar-refractivity contribution < 1.29 is 23.7 Å². The maximum absolute atomic E-state index is 11.7. The van der Waals surface area contributed by atoms with Crippen LogP contribution >= 0.6 is 27.5 Å². The maximum Gasteiger partial charge on any atom is 0.261 e. The predicted molar refractivity (Wildman–Crippen MR) is 220 cm³/mol. The second kappa shape index (κ2) is 17.5. The minimum Gasteiger partial charge on any atom is -0.505 e. The summed E-state index contributed by atoms with van der Waals surface area (Å²) in [7, 11) is -2.91. The Morgan fingerprint density at radius 1 is 0.736 bits per heavy atom. The lowest BCUT2D eigenvalue weighted by atomic mass is 9.84. The van der Waals surface area contributed by atoms with Gasteiger partial charge < -0.3 is 23.7 Å². The number of ether oxygens (including phenoxy) is 3. The lowest BCUT2D eigenvalue weighted by molar-refractivity contribution is -0.235. The molecule has 1 unspecified atom stereocenters. The molecule has 0 bridgehead atoms. The SMILES string of the molecule is CC[C@H]1OC(c2cc(CO[Si](c3ccccc3)(c3ccccc3)C(C)(C)C)c(Cl)c(O)c2Br)[C@H](OCc2ccccc2)[C@@H](OCc2ccccc2)[C@@H]1C. The summed E-state index contributed by atoms with van der Waals surface area (Å²) in [5.74, 6) is -0.0117. The first-order chi connectivity index (χ1) is 25.5. The molecule has 0 radical (unpaired) electrons. The van der Waals surface area contributed by atoms with Gasteiger partial charge in [0.05, 0.1) is 41.5 Å². The molecule has 0 aliphatic carbocycles. The average Bonchev–Trinajstić information content (AvgIpc) is 3.18. The van der Waals surface area contributed by atoms with Crippen LogP contribution in [0.15, 0.2) is 132 Å². The van der Waals surface area contributed by atoms with Crippen LogP contribution in [0.25, 0.3) is 0 Å². The highest BCUT2D eigenvalue weighted by atomic mass is 79.9. The van der Waals surface area contributed by atoms with Gasteiger partial charge in [0.15, 0.2) is 0 Å². The van der Waals surface area contributed by atoms with E-state index in [-0.39, 0.29) is 40.5 Å². The third-order valence-electron chi connectivity index (χ3n) is 10.5. The summed E-state index contributed by atoms with van der Waals surface area (Å²) < 4.78 is 28.4. The number of phenolic OH excluding ortho intramolecular Hbond substituents is 1. The van der Waals surface area contributed by atoms with Crippen molar-refractivity contribution in [1.82, 2.24) is 0 Å². The molecule has 5 nitrogen and oxygen atoms in total. The maximum atomic E-state index is 11.7. The molecule has 0 saturated carbocycles. The Morgan fingerprint density at radius 2 is 1.21 bits per heavy atom. The van der Waals surface area contributed by atoms with Crippen molar-refractivity contribution in [3.05, 3.63) is 159 Å². The first-order valence-corrected chi connectivity index (χ1v) is 21.5. The number of phenols is 1. The van der Waals surface area contributed by atoms with Crippen molar-refractivity contribution in [3.8, 4) is 5.75 Å². The Morgan fingerprint density at radius 3 is 1.68 bits per heavy atom. The molecule has 5 atom stereocenters. The molecule has 1 heterocycles. The standard InChI is InChI=1S/C45H50BrClO5Si/c1-6-38-31(2)42(49-28-32-19-11-7-12-20-32)44(50-29-33-21-13-8-14-22-33)43(52-38)37-27-34(40(47)41(48)39(37)46)30-51-53(45(3,4)5,35-23-15-9-16-24-35)36-25-17-10-18-26-36/h7-27,31,38,42-44,48H,6,28-30H2,1-5H3/t31-,38-,42+,43?,44-/m1/s1.